The van der Waals surface area contributed by atoms with Crippen molar-refractivity contribution in [1.82, 2.24) is 9.97 Å². The molecule has 0 amide bonds. The van der Waals surface area contributed by atoms with E-state index in [1.54, 1.807) is 0 Å². The summed E-state index contributed by atoms with van der Waals surface area (Å²) in [4.78, 5) is 8.72. The van der Waals surface area contributed by atoms with E-state index in [0.717, 1.165) is 56.5 Å². The Morgan fingerprint density at radius 3 is 1.38 bits per heavy atom. The van der Waals surface area contributed by atoms with Gasteiger partial charge in [0.2, 0.25) is 0 Å². The summed E-state index contributed by atoms with van der Waals surface area (Å²) in [5.41, 5.74) is 7.45. The SMILES string of the molecule is Cc1cccc(N=Nc2ccc(-c3ccc(-c4ccc(N=Nc5cccc(C)n5)cc4C)o3)c(C)c2)n1. The van der Waals surface area contributed by atoms with Crippen LogP contribution in [0.3, 0.4) is 0 Å². The molecule has 0 atom stereocenters. The molecule has 0 unspecified atom stereocenters. The van der Waals surface area contributed by atoms with E-state index in [1.165, 1.54) is 0 Å². The van der Waals surface area contributed by atoms with Gasteiger partial charge in [-0.05, 0) is 112 Å². The van der Waals surface area contributed by atoms with Crippen LogP contribution in [0.15, 0.2) is 110 Å². The van der Waals surface area contributed by atoms with Gasteiger partial charge in [0.05, 0.1) is 11.4 Å². The van der Waals surface area contributed by atoms with E-state index >= 15 is 0 Å². The zero-order valence-corrected chi connectivity index (χ0v) is 21.2. The zero-order chi connectivity index (χ0) is 25.8. The van der Waals surface area contributed by atoms with Gasteiger partial charge in [-0.2, -0.15) is 0 Å². The third-order valence-corrected chi connectivity index (χ3v) is 5.84. The molecule has 0 bridgehead atoms. The number of aryl methyl sites for hydroxylation is 4. The Hall–Kier alpha value is -4.78. The van der Waals surface area contributed by atoms with Crippen LogP contribution in [0.2, 0.25) is 0 Å². The lowest BCUT2D eigenvalue weighted by Crippen LogP contribution is -1.82. The fraction of sp³-hybridized carbons (Fsp3) is 0.133. The summed E-state index contributed by atoms with van der Waals surface area (Å²) < 4.78 is 6.25. The van der Waals surface area contributed by atoms with Crippen molar-refractivity contribution in [2.75, 3.05) is 0 Å². The zero-order valence-electron chi connectivity index (χ0n) is 21.2. The van der Waals surface area contributed by atoms with Crippen molar-refractivity contribution in [3.63, 3.8) is 0 Å². The summed E-state index contributed by atoms with van der Waals surface area (Å²) in [6.07, 6.45) is 0. The van der Waals surface area contributed by atoms with Gasteiger partial charge in [0.25, 0.3) is 0 Å². The molecule has 5 aromatic rings. The highest BCUT2D eigenvalue weighted by molar-refractivity contribution is 5.71. The lowest BCUT2D eigenvalue weighted by molar-refractivity contribution is 0.596. The van der Waals surface area contributed by atoms with E-state index in [1.807, 2.05) is 113 Å². The summed E-state index contributed by atoms with van der Waals surface area (Å²) in [6.45, 7) is 7.94. The Morgan fingerprint density at radius 1 is 0.514 bits per heavy atom. The summed E-state index contributed by atoms with van der Waals surface area (Å²) in [5.74, 6) is 2.77. The van der Waals surface area contributed by atoms with Crippen LogP contribution >= 0.6 is 0 Å². The van der Waals surface area contributed by atoms with Crippen LogP contribution in [0.1, 0.15) is 22.5 Å². The van der Waals surface area contributed by atoms with Gasteiger partial charge in [-0.25, -0.2) is 9.97 Å². The minimum absolute atomic E-state index is 0.590. The van der Waals surface area contributed by atoms with Crippen molar-refractivity contribution in [3.8, 4) is 22.6 Å². The average Bonchev–Trinajstić information content (AvgIpc) is 3.36. The molecule has 182 valence electrons. The highest BCUT2D eigenvalue weighted by atomic mass is 16.3. The van der Waals surface area contributed by atoms with Gasteiger partial charge in [0.15, 0.2) is 11.6 Å². The van der Waals surface area contributed by atoms with Gasteiger partial charge in [0.1, 0.15) is 11.5 Å². The lowest BCUT2D eigenvalue weighted by atomic mass is 10.1. The maximum Gasteiger partial charge on any atom is 0.174 e. The number of hydrogen-bond acceptors (Lipinski definition) is 7. The van der Waals surface area contributed by atoms with E-state index in [4.69, 9.17) is 4.42 Å². The van der Waals surface area contributed by atoms with Crippen molar-refractivity contribution in [2.24, 2.45) is 20.5 Å². The molecule has 0 N–H and O–H groups in total. The van der Waals surface area contributed by atoms with Crippen LogP contribution < -0.4 is 0 Å². The normalized spacial score (nSPS) is 11.6. The number of rotatable bonds is 6. The third kappa shape index (κ3) is 5.73. The van der Waals surface area contributed by atoms with Crippen LogP contribution in [0.25, 0.3) is 22.6 Å². The molecule has 3 aromatic heterocycles. The predicted molar refractivity (Wildman–Crippen MR) is 145 cm³/mol. The molecule has 7 nitrogen and oxygen atoms in total. The number of azo groups is 2. The molecular weight excluding hydrogens is 460 g/mol. The minimum Gasteiger partial charge on any atom is -0.456 e. The number of nitrogens with zero attached hydrogens (tertiary/aromatic N) is 6. The second kappa shape index (κ2) is 10.5. The van der Waals surface area contributed by atoms with E-state index in [2.05, 4.69) is 30.4 Å². The molecule has 0 radical (unpaired) electrons. The number of pyridine rings is 2. The molecule has 7 heteroatoms. The first-order valence-corrected chi connectivity index (χ1v) is 12.0. The molecule has 0 saturated carbocycles. The molecular formula is C30H26N6O. The molecule has 3 heterocycles. The van der Waals surface area contributed by atoms with E-state index in [-0.39, 0.29) is 0 Å². The van der Waals surface area contributed by atoms with E-state index < -0.39 is 0 Å². The smallest absolute Gasteiger partial charge is 0.174 e. The first-order chi connectivity index (χ1) is 17.9. The largest absolute Gasteiger partial charge is 0.456 e. The maximum atomic E-state index is 6.25. The van der Waals surface area contributed by atoms with Crippen molar-refractivity contribution in [3.05, 3.63) is 107 Å². The number of hydrogen-bond donors (Lipinski definition) is 0. The Kier molecular flexibility index (Phi) is 6.76. The number of benzene rings is 2. The van der Waals surface area contributed by atoms with Gasteiger partial charge in [-0.15, -0.1) is 20.5 Å². The summed E-state index contributed by atoms with van der Waals surface area (Å²) >= 11 is 0. The first kappa shape index (κ1) is 23.9. The Morgan fingerprint density at radius 2 is 0.973 bits per heavy atom. The third-order valence-electron chi connectivity index (χ3n) is 5.84. The Labute approximate surface area is 215 Å². The summed E-state index contributed by atoms with van der Waals surface area (Å²) in [5, 5.41) is 17.2. The molecule has 0 aliphatic rings. The predicted octanol–water partition coefficient (Wildman–Crippen LogP) is 9.47. The second-order valence-electron chi connectivity index (χ2n) is 8.84. The maximum absolute atomic E-state index is 6.25. The minimum atomic E-state index is 0.590. The van der Waals surface area contributed by atoms with Crippen molar-refractivity contribution in [2.45, 2.75) is 27.7 Å². The summed E-state index contributed by atoms with van der Waals surface area (Å²) in [7, 11) is 0. The van der Waals surface area contributed by atoms with E-state index in [9.17, 15) is 0 Å². The topological polar surface area (TPSA) is 88.4 Å². The second-order valence-corrected chi connectivity index (χ2v) is 8.84. The molecule has 0 saturated heterocycles. The summed E-state index contributed by atoms with van der Waals surface area (Å²) in [6, 6.07) is 27.2. The number of aromatic nitrogens is 2. The van der Waals surface area contributed by atoms with Gasteiger partial charge in [-0.1, -0.05) is 12.1 Å². The van der Waals surface area contributed by atoms with E-state index in [0.29, 0.717) is 11.6 Å². The van der Waals surface area contributed by atoms with Crippen molar-refractivity contribution >= 4 is 23.0 Å². The molecule has 2 aromatic carbocycles. The highest BCUT2D eigenvalue weighted by Gasteiger charge is 2.12. The Balaban J connectivity index is 1.33. The number of furan rings is 1. The highest BCUT2D eigenvalue weighted by Crippen LogP contribution is 2.34. The monoisotopic (exact) mass is 486 g/mol. The molecule has 0 aliphatic heterocycles. The lowest BCUT2D eigenvalue weighted by Gasteiger charge is -2.06. The van der Waals surface area contributed by atoms with Crippen molar-refractivity contribution in [1.29, 1.82) is 0 Å². The standard InChI is InChI=1S/C30H26N6O/c1-19-17-23(33-35-29-9-5-7-21(3)31-29)11-13-25(19)27-15-16-28(37-27)26-14-12-24(18-20(26)2)34-36-30-10-6-8-22(4)32-30/h5-18H,1-4H3. The molecule has 0 aliphatic carbocycles. The van der Waals surface area contributed by atoms with Crippen LogP contribution in [-0.2, 0) is 0 Å². The van der Waals surface area contributed by atoms with Gasteiger partial charge in [-0.3, -0.25) is 0 Å². The quantitative estimate of drug-likeness (QED) is 0.224. The fourth-order valence-electron chi connectivity index (χ4n) is 3.99. The fourth-order valence-corrected chi connectivity index (χ4v) is 3.99. The van der Waals surface area contributed by atoms with Gasteiger partial charge in [0, 0.05) is 22.5 Å². The molecule has 0 fully saturated rings. The van der Waals surface area contributed by atoms with Crippen molar-refractivity contribution < 1.29 is 4.42 Å². The average molecular weight is 487 g/mol. The van der Waals surface area contributed by atoms with Gasteiger partial charge < -0.3 is 4.42 Å². The van der Waals surface area contributed by atoms with Gasteiger partial charge >= 0.3 is 0 Å². The van der Waals surface area contributed by atoms with Crippen LogP contribution in [0.4, 0.5) is 23.0 Å². The van der Waals surface area contributed by atoms with Crippen LogP contribution in [0.5, 0.6) is 0 Å². The first-order valence-electron chi connectivity index (χ1n) is 12.0. The molecule has 0 spiro atoms. The molecule has 37 heavy (non-hydrogen) atoms. The van der Waals surface area contributed by atoms with Crippen LogP contribution in [0, 0.1) is 27.7 Å². The Bertz CT molecular complexity index is 1510. The molecule has 5 rings (SSSR count). The van der Waals surface area contributed by atoms with Crippen LogP contribution in [-0.4, -0.2) is 9.97 Å².